The van der Waals surface area contributed by atoms with E-state index in [4.69, 9.17) is 4.98 Å². The van der Waals surface area contributed by atoms with Crippen LogP contribution in [0.5, 0.6) is 0 Å². The number of aromatic nitrogens is 2. The third-order valence-electron chi connectivity index (χ3n) is 6.34. The number of fused-ring (bicyclic) bond motifs is 1. The summed E-state index contributed by atoms with van der Waals surface area (Å²) in [4.78, 5) is 18.7. The van der Waals surface area contributed by atoms with Gasteiger partial charge in [-0.3, -0.25) is 4.79 Å². The highest BCUT2D eigenvalue weighted by Gasteiger charge is 2.21. The number of carbonyl (C=O) groups is 1. The Labute approximate surface area is 193 Å². The maximum absolute atomic E-state index is 11.3. The van der Waals surface area contributed by atoms with Gasteiger partial charge in [0.15, 0.2) is 0 Å². The molecule has 31 heavy (non-hydrogen) atoms. The Morgan fingerprint density at radius 3 is 2.68 bits per heavy atom. The summed E-state index contributed by atoms with van der Waals surface area (Å²) in [5, 5.41) is 2.90. The molecule has 164 valence electrons. The van der Waals surface area contributed by atoms with Crippen LogP contribution in [-0.4, -0.2) is 40.0 Å². The number of piperidine rings is 1. The van der Waals surface area contributed by atoms with Gasteiger partial charge in [-0.05, 0) is 94.1 Å². The maximum Gasteiger partial charge on any atom is 0.221 e. The molecule has 1 amide bonds. The molecule has 1 saturated heterocycles. The predicted octanol–water partition coefficient (Wildman–Crippen LogP) is 5.64. The van der Waals surface area contributed by atoms with Gasteiger partial charge in [0.05, 0.1) is 11.0 Å². The first-order chi connectivity index (χ1) is 14.9. The van der Waals surface area contributed by atoms with Gasteiger partial charge >= 0.3 is 0 Å². The van der Waals surface area contributed by atoms with E-state index in [0.717, 1.165) is 54.1 Å². The molecule has 0 aliphatic carbocycles. The standard InChI is InChI=1S/C25H31BrN4O/c1-17-14-25-24(16-23(17)26)27-18(2)30(25)11-5-10-29-12-8-20(9-13-29)21-6-4-7-22(15-21)28-19(3)31/h4,6-7,14-16,20H,5,8-13H2,1-3H3,(H,28,31). The summed E-state index contributed by atoms with van der Waals surface area (Å²) in [6.07, 6.45) is 3.47. The quantitative estimate of drug-likeness (QED) is 0.494. The van der Waals surface area contributed by atoms with Crippen molar-refractivity contribution in [3.05, 3.63) is 57.8 Å². The number of nitrogens with one attached hydrogen (secondary N) is 1. The molecule has 1 fully saturated rings. The SMILES string of the molecule is CC(=O)Nc1cccc(C2CCN(CCCn3c(C)nc4cc(Br)c(C)cc43)CC2)c1. The third-order valence-corrected chi connectivity index (χ3v) is 7.20. The number of imidazole rings is 1. The number of carbonyl (C=O) groups excluding carboxylic acids is 1. The zero-order chi connectivity index (χ0) is 22.0. The minimum absolute atomic E-state index is 0.0179. The molecule has 0 bridgehead atoms. The van der Waals surface area contributed by atoms with Gasteiger partial charge in [-0.2, -0.15) is 0 Å². The average molecular weight is 483 g/mol. The van der Waals surface area contributed by atoms with Crippen molar-refractivity contribution < 1.29 is 4.79 Å². The number of benzene rings is 2. The Balaban J connectivity index is 1.30. The largest absolute Gasteiger partial charge is 0.328 e. The van der Waals surface area contributed by atoms with E-state index in [1.807, 2.05) is 12.1 Å². The molecule has 0 atom stereocenters. The van der Waals surface area contributed by atoms with Gasteiger partial charge in [0.1, 0.15) is 5.82 Å². The van der Waals surface area contributed by atoms with Crippen LogP contribution in [0.15, 0.2) is 40.9 Å². The van der Waals surface area contributed by atoms with E-state index in [2.05, 4.69) is 68.8 Å². The topological polar surface area (TPSA) is 50.2 Å². The van der Waals surface area contributed by atoms with E-state index >= 15 is 0 Å². The van der Waals surface area contributed by atoms with Gasteiger partial charge in [-0.1, -0.05) is 28.1 Å². The molecule has 2 heterocycles. The summed E-state index contributed by atoms with van der Waals surface area (Å²) in [5.74, 6) is 1.65. The van der Waals surface area contributed by atoms with E-state index in [9.17, 15) is 4.79 Å². The van der Waals surface area contributed by atoms with Gasteiger partial charge in [0, 0.05) is 23.6 Å². The highest BCUT2D eigenvalue weighted by Crippen LogP contribution is 2.30. The van der Waals surface area contributed by atoms with Crippen molar-refractivity contribution in [1.29, 1.82) is 0 Å². The van der Waals surface area contributed by atoms with Crippen molar-refractivity contribution in [2.24, 2.45) is 0 Å². The molecule has 6 heteroatoms. The van der Waals surface area contributed by atoms with Crippen LogP contribution in [0.25, 0.3) is 11.0 Å². The van der Waals surface area contributed by atoms with E-state index in [1.165, 1.54) is 29.5 Å². The van der Waals surface area contributed by atoms with Crippen molar-refractivity contribution >= 4 is 38.6 Å². The summed E-state index contributed by atoms with van der Waals surface area (Å²) in [6, 6.07) is 12.7. The number of hydrogen-bond acceptors (Lipinski definition) is 3. The van der Waals surface area contributed by atoms with Crippen LogP contribution in [0.1, 0.15) is 49.1 Å². The number of hydrogen-bond donors (Lipinski definition) is 1. The van der Waals surface area contributed by atoms with Crippen molar-refractivity contribution in [2.45, 2.75) is 52.5 Å². The number of rotatable bonds is 6. The van der Waals surface area contributed by atoms with E-state index in [1.54, 1.807) is 6.92 Å². The average Bonchev–Trinajstić information content (AvgIpc) is 3.03. The Kier molecular flexibility index (Phi) is 6.77. The Bertz CT molecular complexity index is 1080. The second-order valence-electron chi connectivity index (χ2n) is 8.68. The first-order valence-electron chi connectivity index (χ1n) is 11.1. The lowest BCUT2D eigenvalue weighted by Crippen LogP contribution is -2.34. The highest BCUT2D eigenvalue weighted by atomic mass is 79.9. The zero-order valence-electron chi connectivity index (χ0n) is 18.6. The van der Waals surface area contributed by atoms with Crippen LogP contribution in [0.2, 0.25) is 0 Å². The summed E-state index contributed by atoms with van der Waals surface area (Å²) in [5.41, 5.74) is 5.79. The monoisotopic (exact) mass is 482 g/mol. The van der Waals surface area contributed by atoms with Gasteiger partial charge in [-0.15, -0.1) is 0 Å². The highest BCUT2D eigenvalue weighted by molar-refractivity contribution is 9.10. The van der Waals surface area contributed by atoms with Gasteiger partial charge in [-0.25, -0.2) is 4.98 Å². The molecular formula is C25H31BrN4O. The number of aryl methyl sites for hydroxylation is 3. The molecule has 0 spiro atoms. The molecule has 1 aromatic heterocycles. The molecule has 0 unspecified atom stereocenters. The minimum atomic E-state index is -0.0179. The van der Waals surface area contributed by atoms with Crippen LogP contribution in [0, 0.1) is 13.8 Å². The molecule has 3 aromatic rings. The van der Waals surface area contributed by atoms with Gasteiger partial charge < -0.3 is 14.8 Å². The number of anilines is 1. The summed E-state index contributed by atoms with van der Waals surface area (Å²) >= 11 is 3.62. The molecule has 0 saturated carbocycles. The van der Waals surface area contributed by atoms with Crippen molar-refractivity contribution in [3.8, 4) is 0 Å². The van der Waals surface area contributed by atoms with Crippen LogP contribution in [0.3, 0.4) is 0 Å². The molecule has 2 aromatic carbocycles. The van der Waals surface area contributed by atoms with Crippen LogP contribution in [-0.2, 0) is 11.3 Å². The Hall–Kier alpha value is -2.18. The maximum atomic E-state index is 11.3. The molecular weight excluding hydrogens is 452 g/mol. The van der Waals surface area contributed by atoms with E-state index in [0.29, 0.717) is 5.92 Å². The van der Waals surface area contributed by atoms with Crippen molar-refractivity contribution in [2.75, 3.05) is 25.0 Å². The van der Waals surface area contributed by atoms with E-state index < -0.39 is 0 Å². The van der Waals surface area contributed by atoms with Gasteiger partial charge in [0.25, 0.3) is 0 Å². The first-order valence-corrected chi connectivity index (χ1v) is 11.9. The first kappa shape index (κ1) is 22.0. The molecule has 1 N–H and O–H groups in total. The van der Waals surface area contributed by atoms with Crippen LogP contribution < -0.4 is 5.32 Å². The fourth-order valence-electron chi connectivity index (χ4n) is 4.67. The van der Waals surface area contributed by atoms with Gasteiger partial charge in [0.2, 0.25) is 5.91 Å². The van der Waals surface area contributed by atoms with Crippen molar-refractivity contribution in [3.63, 3.8) is 0 Å². The second-order valence-corrected chi connectivity index (χ2v) is 9.53. The normalized spacial score (nSPS) is 15.5. The zero-order valence-corrected chi connectivity index (χ0v) is 20.2. The molecule has 4 rings (SSSR count). The number of nitrogens with zero attached hydrogens (tertiary/aromatic N) is 3. The van der Waals surface area contributed by atoms with Crippen molar-refractivity contribution in [1.82, 2.24) is 14.5 Å². The Morgan fingerprint density at radius 2 is 1.94 bits per heavy atom. The summed E-state index contributed by atoms with van der Waals surface area (Å²) < 4.78 is 3.48. The molecule has 1 aliphatic heterocycles. The summed E-state index contributed by atoms with van der Waals surface area (Å²) in [7, 11) is 0. The fraction of sp³-hybridized carbons (Fsp3) is 0.440. The number of likely N-dealkylation sites (tertiary alicyclic amines) is 1. The molecule has 5 nitrogen and oxygen atoms in total. The minimum Gasteiger partial charge on any atom is -0.328 e. The smallest absolute Gasteiger partial charge is 0.221 e. The lowest BCUT2D eigenvalue weighted by molar-refractivity contribution is -0.114. The van der Waals surface area contributed by atoms with Crippen LogP contribution in [0.4, 0.5) is 5.69 Å². The molecule has 0 radical (unpaired) electrons. The number of halogens is 1. The predicted molar refractivity (Wildman–Crippen MR) is 131 cm³/mol. The number of amides is 1. The fourth-order valence-corrected chi connectivity index (χ4v) is 5.00. The van der Waals surface area contributed by atoms with E-state index in [-0.39, 0.29) is 5.91 Å². The molecule has 1 aliphatic rings. The van der Waals surface area contributed by atoms with Crippen LogP contribution >= 0.6 is 15.9 Å². The third kappa shape index (κ3) is 5.18. The lowest BCUT2D eigenvalue weighted by atomic mass is 9.89. The second kappa shape index (κ2) is 9.53. The Morgan fingerprint density at radius 1 is 1.16 bits per heavy atom. The summed E-state index contributed by atoms with van der Waals surface area (Å²) in [6.45, 7) is 10.2. The lowest BCUT2D eigenvalue weighted by Gasteiger charge is -2.32.